The number of hydrogen-bond acceptors (Lipinski definition) is 6. The number of nitrogens with one attached hydrogen (secondary N) is 1. The van der Waals surface area contributed by atoms with E-state index in [1.54, 1.807) is 27.6 Å². The highest BCUT2D eigenvalue weighted by Crippen LogP contribution is 2.47. The summed E-state index contributed by atoms with van der Waals surface area (Å²) >= 11 is 0. The Hall–Kier alpha value is -4.00. The van der Waals surface area contributed by atoms with Crippen LogP contribution in [0.4, 0.5) is 0 Å². The van der Waals surface area contributed by atoms with Gasteiger partial charge in [0.1, 0.15) is 17.7 Å². The van der Waals surface area contributed by atoms with E-state index in [1.807, 2.05) is 30.3 Å². The van der Waals surface area contributed by atoms with Crippen molar-refractivity contribution in [3.05, 3.63) is 83.6 Å². The number of hydrogen-bond donors (Lipinski definition) is 1. The first kappa shape index (κ1) is 19.9. The molecule has 2 aromatic heterocycles. The number of methoxy groups -OCH3 is 3. The van der Waals surface area contributed by atoms with Crippen LogP contribution in [0.5, 0.6) is 17.2 Å². The van der Waals surface area contributed by atoms with Crippen LogP contribution >= 0.6 is 0 Å². The van der Waals surface area contributed by atoms with Crippen molar-refractivity contribution in [1.29, 1.82) is 0 Å². The van der Waals surface area contributed by atoms with Gasteiger partial charge >= 0.3 is 0 Å². The fourth-order valence-electron chi connectivity index (χ4n) is 4.43. The van der Waals surface area contributed by atoms with Crippen LogP contribution in [-0.4, -0.2) is 36.5 Å². The number of aromatic amines is 1. The summed E-state index contributed by atoms with van der Waals surface area (Å²) in [5.74, 6) is 1.80. The lowest BCUT2D eigenvalue weighted by atomic mass is 9.68. The largest absolute Gasteiger partial charge is 0.493 e. The number of allylic oxidation sites excluding steroid dienone is 1. The molecule has 4 aromatic rings. The van der Waals surface area contributed by atoms with Crippen molar-refractivity contribution in [2.75, 3.05) is 21.3 Å². The summed E-state index contributed by atoms with van der Waals surface area (Å²) in [6.07, 6.45) is 8.00. The van der Waals surface area contributed by atoms with Crippen LogP contribution in [0.3, 0.4) is 0 Å². The number of oxazole rings is 1. The fourth-order valence-corrected chi connectivity index (χ4v) is 4.43. The van der Waals surface area contributed by atoms with Gasteiger partial charge in [-0.05, 0) is 23.3 Å². The summed E-state index contributed by atoms with van der Waals surface area (Å²) in [5, 5.41) is 7.74. The second kappa shape index (κ2) is 7.92. The highest BCUT2D eigenvalue weighted by molar-refractivity contribution is 5.75. The smallest absolute Gasteiger partial charge is 0.203 e. The zero-order valence-electron chi connectivity index (χ0n) is 18.1. The average Bonchev–Trinajstić information content (AvgIpc) is 3.52. The van der Waals surface area contributed by atoms with E-state index >= 15 is 0 Å². The van der Waals surface area contributed by atoms with Gasteiger partial charge < -0.3 is 18.6 Å². The van der Waals surface area contributed by atoms with Crippen molar-refractivity contribution >= 4 is 6.08 Å². The van der Waals surface area contributed by atoms with Crippen LogP contribution in [-0.2, 0) is 11.8 Å². The maximum atomic E-state index is 5.65. The lowest BCUT2D eigenvalue weighted by molar-refractivity contribution is 0.323. The minimum absolute atomic E-state index is 0.464. The number of H-pyrrole nitrogens is 1. The minimum Gasteiger partial charge on any atom is -0.493 e. The maximum absolute atomic E-state index is 5.65. The van der Waals surface area contributed by atoms with Crippen LogP contribution in [0.2, 0.25) is 0 Å². The van der Waals surface area contributed by atoms with Gasteiger partial charge in [0, 0.05) is 23.1 Å². The Kier molecular flexibility index (Phi) is 4.93. The number of nitrogens with zero attached hydrogens (tertiary/aromatic N) is 2. The predicted molar refractivity (Wildman–Crippen MR) is 120 cm³/mol. The van der Waals surface area contributed by atoms with Gasteiger partial charge in [-0.2, -0.15) is 5.10 Å². The van der Waals surface area contributed by atoms with Gasteiger partial charge in [0.25, 0.3) is 0 Å². The third-order valence-corrected chi connectivity index (χ3v) is 6.02. The molecule has 1 unspecified atom stereocenters. The second-order valence-corrected chi connectivity index (χ2v) is 7.60. The van der Waals surface area contributed by atoms with E-state index in [4.69, 9.17) is 18.6 Å². The fraction of sp³-hybridized carbons (Fsp3) is 0.200. The van der Waals surface area contributed by atoms with Crippen LogP contribution in [0, 0.1) is 0 Å². The first-order valence-electron chi connectivity index (χ1n) is 10.2. The Balaban J connectivity index is 1.70. The second-order valence-electron chi connectivity index (χ2n) is 7.60. The molecule has 5 rings (SSSR count). The van der Waals surface area contributed by atoms with E-state index < -0.39 is 5.41 Å². The van der Waals surface area contributed by atoms with Crippen molar-refractivity contribution in [1.82, 2.24) is 15.2 Å². The van der Waals surface area contributed by atoms with Crippen LogP contribution < -0.4 is 14.2 Å². The molecule has 7 heteroatoms. The molecule has 7 nitrogen and oxygen atoms in total. The Labute approximate surface area is 185 Å². The van der Waals surface area contributed by atoms with Gasteiger partial charge in [0.2, 0.25) is 5.75 Å². The highest BCUT2D eigenvalue weighted by atomic mass is 16.5. The van der Waals surface area contributed by atoms with E-state index in [1.165, 1.54) is 6.39 Å². The molecule has 1 aliphatic carbocycles. The lowest BCUT2D eigenvalue weighted by Crippen LogP contribution is -2.30. The molecule has 1 atom stereocenters. The van der Waals surface area contributed by atoms with Gasteiger partial charge in [0.15, 0.2) is 17.9 Å². The summed E-state index contributed by atoms with van der Waals surface area (Å²) in [6.45, 7) is 0. The summed E-state index contributed by atoms with van der Waals surface area (Å²) in [6, 6.07) is 14.4. The Morgan fingerprint density at radius 1 is 0.969 bits per heavy atom. The summed E-state index contributed by atoms with van der Waals surface area (Å²) in [4.78, 5) is 4.25. The van der Waals surface area contributed by atoms with Crippen LogP contribution in [0.15, 0.2) is 65.6 Å². The predicted octanol–water partition coefficient (Wildman–Crippen LogP) is 4.65. The normalized spacial score (nSPS) is 17.1. The summed E-state index contributed by atoms with van der Waals surface area (Å²) < 4.78 is 22.0. The van der Waals surface area contributed by atoms with E-state index in [0.29, 0.717) is 29.4 Å². The van der Waals surface area contributed by atoms with Gasteiger partial charge in [-0.1, -0.05) is 42.5 Å². The molecule has 0 fully saturated rings. The molecule has 0 saturated carbocycles. The van der Waals surface area contributed by atoms with Crippen molar-refractivity contribution in [2.24, 2.45) is 0 Å². The molecule has 1 aliphatic rings. The highest BCUT2D eigenvalue weighted by Gasteiger charge is 2.38. The number of rotatable bonds is 6. The third-order valence-electron chi connectivity index (χ3n) is 6.02. The molecular formula is C25H23N3O4. The molecule has 32 heavy (non-hydrogen) atoms. The minimum atomic E-state index is -0.464. The monoisotopic (exact) mass is 429 g/mol. The molecule has 1 N–H and O–H groups in total. The third kappa shape index (κ3) is 3.05. The molecule has 2 heterocycles. The number of fused-ring (bicyclic) bond motifs is 1. The molecule has 0 radical (unpaired) electrons. The Bertz CT molecular complexity index is 1240. The molecular weight excluding hydrogens is 406 g/mol. The van der Waals surface area contributed by atoms with Gasteiger partial charge in [0.05, 0.1) is 21.3 Å². The van der Waals surface area contributed by atoms with E-state index in [9.17, 15) is 0 Å². The van der Waals surface area contributed by atoms with Crippen LogP contribution in [0.25, 0.3) is 17.5 Å². The van der Waals surface area contributed by atoms with Gasteiger partial charge in [-0.3, -0.25) is 5.10 Å². The van der Waals surface area contributed by atoms with E-state index in [0.717, 1.165) is 28.1 Å². The quantitative estimate of drug-likeness (QED) is 0.481. The number of benzene rings is 2. The molecule has 162 valence electrons. The van der Waals surface area contributed by atoms with Gasteiger partial charge in [-0.25, -0.2) is 4.98 Å². The average molecular weight is 429 g/mol. The first-order chi connectivity index (χ1) is 15.7. The van der Waals surface area contributed by atoms with Crippen LogP contribution in [0.1, 0.15) is 22.4 Å². The molecule has 0 aliphatic heterocycles. The van der Waals surface area contributed by atoms with Crippen molar-refractivity contribution in [2.45, 2.75) is 11.8 Å². The van der Waals surface area contributed by atoms with Crippen molar-refractivity contribution in [3.63, 3.8) is 0 Å². The first-order valence-corrected chi connectivity index (χ1v) is 10.2. The number of aromatic nitrogens is 3. The van der Waals surface area contributed by atoms with E-state index in [2.05, 4.69) is 39.5 Å². The van der Waals surface area contributed by atoms with Crippen molar-refractivity contribution in [3.8, 4) is 28.6 Å². The molecule has 0 amide bonds. The standard InChI is InChI=1S/C25H23N3O4/c1-29-21-11-17(12-22(30-2)24(21)31-3)25(16-7-5-4-6-8-16)10-9-18-19(13-25)27-28-23(18)20-14-32-15-26-20/h4-12,14-15H,13H2,1-3H3,(H,27,28). The Morgan fingerprint density at radius 3 is 2.34 bits per heavy atom. The molecule has 0 saturated heterocycles. The van der Waals surface area contributed by atoms with Gasteiger partial charge in [-0.15, -0.1) is 0 Å². The topological polar surface area (TPSA) is 82.4 Å². The number of ether oxygens (including phenoxy) is 3. The molecule has 0 spiro atoms. The maximum Gasteiger partial charge on any atom is 0.203 e. The Morgan fingerprint density at radius 2 is 1.72 bits per heavy atom. The zero-order valence-corrected chi connectivity index (χ0v) is 18.1. The van der Waals surface area contributed by atoms with Crippen molar-refractivity contribution < 1.29 is 18.6 Å². The summed E-state index contributed by atoms with van der Waals surface area (Å²) in [7, 11) is 4.87. The molecule has 0 bridgehead atoms. The lowest BCUT2D eigenvalue weighted by Gasteiger charge is -2.35. The SMILES string of the molecule is COc1cc(C2(c3ccccc3)C=Cc3c(-c4cocn4)n[nH]c3C2)cc(OC)c1OC. The zero-order chi connectivity index (χ0) is 22.1. The summed E-state index contributed by atoms with van der Waals surface area (Å²) in [5.41, 5.74) is 5.21. The van der Waals surface area contributed by atoms with E-state index in [-0.39, 0.29) is 0 Å². The molecule has 2 aromatic carbocycles.